The summed E-state index contributed by atoms with van der Waals surface area (Å²) in [5, 5.41) is 4.19. The summed E-state index contributed by atoms with van der Waals surface area (Å²) < 4.78 is 0. The van der Waals surface area contributed by atoms with Gasteiger partial charge in [0.1, 0.15) is 0 Å². The van der Waals surface area contributed by atoms with E-state index in [-0.39, 0.29) is 0 Å². The fourth-order valence-corrected chi connectivity index (χ4v) is 3.28. The zero-order valence-corrected chi connectivity index (χ0v) is 12.4. The molecule has 0 radical (unpaired) electrons. The van der Waals surface area contributed by atoms with Crippen molar-refractivity contribution in [3.8, 4) is 0 Å². The van der Waals surface area contributed by atoms with Gasteiger partial charge in [-0.25, -0.2) is 9.97 Å². The van der Waals surface area contributed by atoms with Gasteiger partial charge in [0.25, 0.3) is 0 Å². The number of nitrogens with one attached hydrogen (secondary N) is 1. The van der Waals surface area contributed by atoms with Crippen LogP contribution in [0.2, 0.25) is 0 Å². The van der Waals surface area contributed by atoms with E-state index >= 15 is 0 Å². The molecule has 1 aromatic heterocycles. The minimum atomic E-state index is 0.800. The van der Waals surface area contributed by atoms with Gasteiger partial charge < -0.3 is 10.2 Å². The molecule has 20 heavy (non-hydrogen) atoms. The molecular formula is C15H18N4S. The van der Waals surface area contributed by atoms with Crippen LogP contribution in [0.15, 0.2) is 46.7 Å². The van der Waals surface area contributed by atoms with Gasteiger partial charge in [-0.05, 0) is 42.4 Å². The zero-order valence-electron chi connectivity index (χ0n) is 11.5. The first kappa shape index (κ1) is 13.4. The fourth-order valence-electron chi connectivity index (χ4n) is 2.31. The van der Waals surface area contributed by atoms with E-state index in [1.165, 1.54) is 16.1 Å². The molecule has 1 aromatic carbocycles. The van der Waals surface area contributed by atoms with Gasteiger partial charge in [-0.15, -0.1) is 0 Å². The first-order valence-electron chi connectivity index (χ1n) is 6.84. The molecule has 1 aliphatic rings. The van der Waals surface area contributed by atoms with Crippen LogP contribution in [0.4, 0.5) is 5.69 Å². The SMILES string of the molecule is Cc1ccc(N2CCNCC2)c(Sc2ncccn2)c1. The first-order chi connectivity index (χ1) is 9.83. The topological polar surface area (TPSA) is 41.0 Å². The molecule has 5 heteroatoms. The van der Waals surface area contributed by atoms with Gasteiger partial charge in [0, 0.05) is 43.5 Å². The van der Waals surface area contributed by atoms with E-state index in [1.807, 2.05) is 6.07 Å². The minimum absolute atomic E-state index is 0.800. The molecular weight excluding hydrogens is 268 g/mol. The molecule has 0 amide bonds. The number of aryl methyl sites for hydroxylation is 1. The number of aromatic nitrogens is 2. The van der Waals surface area contributed by atoms with Crippen LogP contribution in [0.25, 0.3) is 0 Å². The van der Waals surface area contributed by atoms with Crippen LogP contribution in [0, 0.1) is 6.92 Å². The van der Waals surface area contributed by atoms with E-state index in [1.54, 1.807) is 24.2 Å². The summed E-state index contributed by atoms with van der Waals surface area (Å²) in [4.78, 5) is 12.3. The minimum Gasteiger partial charge on any atom is -0.368 e. The van der Waals surface area contributed by atoms with Gasteiger partial charge in [-0.2, -0.15) is 0 Å². The highest BCUT2D eigenvalue weighted by atomic mass is 32.2. The molecule has 3 rings (SSSR count). The fraction of sp³-hybridized carbons (Fsp3) is 0.333. The average molecular weight is 286 g/mol. The maximum Gasteiger partial charge on any atom is 0.192 e. The monoisotopic (exact) mass is 286 g/mol. The van der Waals surface area contributed by atoms with Crippen LogP contribution < -0.4 is 10.2 Å². The van der Waals surface area contributed by atoms with E-state index < -0.39 is 0 Å². The van der Waals surface area contributed by atoms with Crippen molar-refractivity contribution in [2.45, 2.75) is 17.0 Å². The first-order valence-corrected chi connectivity index (χ1v) is 7.66. The molecule has 2 aromatic rings. The van der Waals surface area contributed by atoms with Gasteiger partial charge in [-0.1, -0.05) is 6.07 Å². The number of nitrogens with zero attached hydrogens (tertiary/aromatic N) is 3. The van der Waals surface area contributed by atoms with Crippen molar-refractivity contribution in [3.63, 3.8) is 0 Å². The third kappa shape index (κ3) is 3.11. The van der Waals surface area contributed by atoms with E-state index in [9.17, 15) is 0 Å². The van der Waals surface area contributed by atoms with Crippen molar-refractivity contribution in [2.24, 2.45) is 0 Å². The number of hydrogen-bond acceptors (Lipinski definition) is 5. The molecule has 0 aliphatic carbocycles. The van der Waals surface area contributed by atoms with Crippen LogP contribution in [-0.2, 0) is 0 Å². The van der Waals surface area contributed by atoms with Gasteiger partial charge >= 0.3 is 0 Å². The smallest absolute Gasteiger partial charge is 0.192 e. The van der Waals surface area contributed by atoms with Crippen LogP contribution in [0.1, 0.15) is 5.56 Å². The Morgan fingerprint density at radius 2 is 1.90 bits per heavy atom. The summed E-state index contributed by atoms with van der Waals surface area (Å²) in [7, 11) is 0. The Balaban J connectivity index is 1.89. The van der Waals surface area contributed by atoms with Gasteiger partial charge in [0.15, 0.2) is 5.16 Å². The number of hydrogen-bond donors (Lipinski definition) is 1. The Bertz CT molecular complexity index is 567. The number of piperazine rings is 1. The summed E-state index contributed by atoms with van der Waals surface area (Å²) in [6, 6.07) is 8.45. The third-order valence-electron chi connectivity index (χ3n) is 3.32. The van der Waals surface area contributed by atoms with Crippen molar-refractivity contribution >= 4 is 17.4 Å². The second-order valence-electron chi connectivity index (χ2n) is 4.84. The van der Waals surface area contributed by atoms with Crippen LogP contribution in [0.3, 0.4) is 0 Å². The highest BCUT2D eigenvalue weighted by Crippen LogP contribution is 2.34. The molecule has 0 unspecified atom stereocenters. The summed E-state index contributed by atoms with van der Waals surface area (Å²) in [6.45, 7) is 6.30. The number of anilines is 1. The molecule has 104 valence electrons. The van der Waals surface area contributed by atoms with Crippen LogP contribution in [-0.4, -0.2) is 36.1 Å². The Hall–Kier alpha value is -1.59. The van der Waals surface area contributed by atoms with Crippen LogP contribution >= 0.6 is 11.8 Å². The highest BCUT2D eigenvalue weighted by molar-refractivity contribution is 7.99. The van der Waals surface area contributed by atoms with Gasteiger partial charge in [-0.3, -0.25) is 0 Å². The average Bonchev–Trinajstić information content (AvgIpc) is 2.49. The van der Waals surface area contributed by atoms with Crippen molar-refractivity contribution < 1.29 is 0 Å². The molecule has 2 heterocycles. The van der Waals surface area contributed by atoms with E-state index in [0.717, 1.165) is 31.3 Å². The molecule has 1 N–H and O–H groups in total. The largest absolute Gasteiger partial charge is 0.368 e. The van der Waals surface area contributed by atoms with E-state index in [4.69, 9.17) is 0 Å². The molecule has 1 aliphatic heterocycles. The van der Waals surface area contributed by atoms with Crippen molar-refractivity contribution in [1.29, 1.82) is 0 Å². The second-order valence-corrected chi connectivity index (χ2v) is 5.85. The lowest BCUT2D eigenvalue weighted by atomic mass is 10.2. The lowest BCUT2D eigenvalue weighted by Gasteiger charge is -2.31. The molecule has 0 spiro atoms. The highest BCUT2D eigenvalue weighted by Gasteiger charge is 2.15. The Morgan fingerprint density at radius 3 is 2.65 bits per heavy atom. The van der Waals surface area contributed by atoms with Crippen molar-refractivity contribution in [2.75, 3.05) is 31.1 Å². The molecule has 4 nitrogen and oxygen atoms in total. The van der Waals surface area contributed by atoms with Crippen molar-refractivity contribution in [3.05, 3.63) is 42.2 Å². The van der Waals surface area contributed by atoms with Crippen LogP contribution in [0.5, 0.6) is 0 Å². The number of benzene rings is 1. The standard InChI is InChI=1S/C15H18N4S/c1-12-3-4-13(19-9-7-16-8-10-19)14(11-12)20-15-17-5-2-6-18-15/h2-6,11,16H,7-10H2,1H3. The maximum atomic E-state index is 4.31. The lowest BCUT2D eigenvalue weighted by molar-refractivity contribution is 0.587. The lowest BCUT2D eigenvalue weighted by Crippen LogP contribution is -2.43. The predicted octanol–water partition coefficient (Wildman–Crippen LogP) is 2.35. The molecule has 0 atom stereocenters. The quantitative estimate of drug-likeness (QED) is 0.877. The summed E-state index contributed by atoms with van der Waals surface area (Å²) >= 11 is 1.64. The Morgan fingerprint density at radius 1 is 1.15 bits per heavy atom. The van der Waals surface area contributed by atoms with E-state index in [0.29, 0.717) is 0 Å². The van der Waals surface area contributed by atoms with E-state index in [2.05, 4.69) is 45.3 Å². The maximum absolute atomic E-state index is 4.31. The second kappa shape index (κ2) is 6.24. The summed E-state index contributed by atoms with van der Waals surface area (Å²) in [5.41, 5.74) is 2.55. The van der Waals surface area contributed by atoms with Gasteiger partial charge in [0.05, 0.1) is 5.69 Å². The predicted molar refractivity (Wildman–Crippen MR) is 82.4 cm³/mol. The number of rotatable bonds is 3. The zero-order chi connectivity index (χ0) is 13.8. The summed E-state index contributed by atoms with van der Waals surface area (Å²) in [6.07, 6.45) is 3.57. The molecule has 1 fully saturated rings. The molecule has 0 saturated carbocycles. The molecule has 1 saturated heterocycles. The van der Waals surface area contributed by atoms with Crippen molar-refractivity contribution in [1.82, 2.24) is 15.3 Å². The Kier molecular flexibility index (Phi) is 4.18. The van der Waals surface area contributed by atoms with Gasteiger partial charge in [0.2, 0.25) is 0 Å². The Labute approximate surface area is 123 Å². The molecule has 0 bridgehead atoms. The summed E-state index contributed by atoms with van der Waals surface area (Å²) in [5.74, 6) is 0. The third-order valence-corrected chi connectivity index (χ3v) is 4.26. The normalized spacial score (nSPS) is 15.3.